The van der Waals surface area contributed by atoms with Gasteiger partial charge in [-0.2, -0.15) is 8.42 Å². The first-order chi connectivity index (χ1) is 8.38. The molecule has 6 nitrogen and oxygen atoms in total. The predicted molar refractivity (Wildman–Crippen MR) is 69.9 cm³/mol. The van der Waals surface area contributed by atoms with Crippen LogP contribution in [0.15, 0.2) is 18.7 Å². The Kier molecular flexibility index (Phi) is 8.61. The zero-order valence-corrected chi connectivity index (χ0v) is 11.7. The molecule has 1 aromatic rings. The van der Waals surface area contributed by atoms with E-state index >= 15 is 0 Å². The third-order valence-electron chi connectivity index (χ3n) is 2.46. The maximum atomic E-state index is 8.74. The highest BCUT2D eigenvalue weighted by Crippen LogP contribution is 2.19. The second kappa shape index (κ2) is 9.07. The summed E-state index contributed by atoms with van der Waals surface area (Å²) in [5.41, 5.74) is 0. The number of unbranched alkanes of at least 4 members (excludes halogenated alkanes) is 1. The van der Waals surface area contributed by atoms with Gasteiger partial charge in [-0.1, -0.05) is 33.1 Å². The summed E-state index contributed by atoms with van der Waals surface area (Å²) in [7, 11) is -4.67. The number of imidazole rings is 1. The summed E-state index contributed by atoms with van der Waals surface area (Å²) in [4.78, 5) is 4.10. The normalized spacial score (nSPS) is 12.7. The SMILES string of the molecule is CCCCC(CCC)n1ccnc1.O=S(=O)(O)O. The predicted octanol–water partition coefficient (Wildman–Crippen LogP) is 2.76. The van der Waals surface area contributed by atoms with Gasteiger partial charge in [-0.05, 0) is 12.8 Å². The zero-order chi connectivity index (χ0) is 14.0. The average Bonchev–Trinajstić information content (AvgIpc) is 2.75. The maximum absolute atomic E-state index is 8.74. The molecule has 18 heavy (non-hydrogen) atoms. The number of hydrogen-bond donors (Lipinski definition) is 2. The van der Waals surface area contributed by atoms with Crippen molar-refractivity contribution in [2.75, 3.05) is 0 Å². The van der Waals surface area contributed by atoms with Gasteiger partial charge in [0.15, 0.2) is 0 Å². The molecule has 1 heterocycles. The molecular weight excluding hydrogens is 256 g/mol. The van der Waals surface area contributed by atoms with E-state index in [2.05, 4.69) is 29.6 Å². The topological polar surface area (TPSA) is 92.4 Å². The summed E-state index contributed by atoms with van der Waals surface area (Å²) in [5, 5.41) is 0. The van der Waals surface area contributed by atoms with Crippen LogP contribution in [-0.4, -0.2) is 27.1 Å². The van der Waals surface area contributed by atoms with Crippen LogP contribution in [-0.2, 0) is 10.4 Å². The molecule has 0 aromatic carbocycles. The molecule has 0 aliphatic rings. The Morgan fingerprint density at radius 2 is 1.83 bits per heavy atom. The van der Waals surface area contributed by atoms with Crippen LogP contribution in [0.1, 0.15) is 52.0 Å². The van der Waals surface area contributed by atoms with Gasteiger partial charge in [0.1, 0.15) is 0 Å². The fourth-order valence-electron chi connectivity index (χ4n) is 1.70. The van der Waals surface area contributed by atoms with Gasteiger partial charge in [-0.15, -0.1) is 0 Å². The molecule has 0 aliphatic heterocycles. The molecule has 1 rings (SSSR count). The van der Waals surface area contributed by atoms with Crippen molar-refractivity contribution in [3.05, 3.63) is 18.7 Å². The molecule has 0 saturated heterocycles. The standard InChI is InChI=1S/C11H20N2.H2O4S/c1-3-5-7-11(6-4-2)13-9-8-12-10-13;1-5(2,3)4/h8-11H,3-7H2,1-2H3;(H2,1,2,3,4). The average molecular weight is 278 g/mol. The highest BCUT2D eigenvalue weighted by molar-refractivity contribution is 7.79. The van der Waals surface area contributed by atoms with Crippen LogP contribution in [0.2, 0.25) is 0 Å². The van der Waals surface area contributed by atoms with Crippen molar-refractivity contribution in [3.8, 4) is 0 Å². The molecule has 0 saturated carbocycles. The highest BCUT2D eigenvalue weighted by atomic mass is 32.3. The lowest BCUT2D eigenvalue weighted by Gasteiger charge is -2.16. The molecule has 7 heteroatoms. The van der Waals surface area contributed by atoms with Gasteiger partial charge in [0.25, 0.3) is 0 Å². The van der Waals surface area contributed by atoms with Crippen molar-refractivity contribution in [3.63, 3.8) is 0 Å². The molecule has 0 radical (unpaired) electrons. The Morgan fingerprint density at radius 3 is 2.22 bits per heavy atom. The minimum atomic E-state index is -4.67. The van der Waals surface area contributed by atoms with Gasteiger partial charge < -0.3 is 4.57 Å². The zero-order valence-electron chi connectivity index (χ0n) is 10.9. The van der Waals surface area contributed by atoms with Crippen LogP contribution in [0.4, 0.5) is 0 Å². The highest BCUT2D eigenvalue weighted by Gasteiger charge is 2.07. The minimum Gasteiger partial charge on any atom is -0.334 e. The van der Waals surface area contributed by atoms with E-state index in [0.717, 1.165) is 0 Å². The van der Waals surface area contributed by atoms with E-state index in [1.54, 1.807) is 0 Å². The van der Waals surface area contributed by atoms with Crippen LogP contribution in [0, 0.1) is 0 Å². The fraction of sp³-hybridized carbons (Fsp3) is 0.727. The quantitative estimate of drug-likeness (QED) is 0.780. The molecule has 0 aliphatic carbocycles. The number of rotatable bonds is 6. The van der Waals surface area contributed by atoms with Crippen LogP contribution < -0.4 is 0 Å². The number of aromatic nitrogens is 2. The van der Waals surface area contributed by atoms with Gasteiger partial charge in [-0.3, -0.25) is 9.11 Å². The van der Waals surface area contributed by atoms with E-state index in [4.69, 9.17) is 17.5 Å². The first-order valence-electron chi connectivity index (χ1n) is 6.05. The third kappa shape index (κ3) is 10.2. The van der Waals surface area contributed by atoms with Gasteiger partial charge >= 0.3 is 10.4 Å². The van der Waals surface area contributed by atoms with Crippen molar-refractivity contribution < 1.29 is 17.5 Å². The molecule has 0 amide bonds. The number of hydrogen-bond acceptors (Lipinski definition) is 3. The third-order valence-corrected chi connectivity index (χ3v) is 2.46. The van der Waals surface area contributed by atoms with Crippen LogP contribution in [0.3, 0.4) is 0 Å². The molecular formula is C11H22N2O4S. The maximum Gasteiger partial charge on any atom is 0.394 e. The Labute approximate surface area is 109 Å². The summed E-state index contributed by atoms with van der Waals surface area (Å²) < 4.78 is 33.8. The van der Waals surface area contributed by atoms with E-state index in [9.17, 15) is 0 Å². The second-order valence-corrected chi connectivity index (χ2v) is 4.94. The molecule has 106 valence electrons. The second-order valence-electron chi connectivity index (χ2n) is 4.04. The summed E-state index contributed by atoms with van der Waals surface area (Å²) in [6.45, 7) is 4.49. The lowest BCUT2D eigenvalue weighted by molar-refractivity contribution is 0.381. The Balaban J connectivity index is 0.000000494. The van der Waals surface area contributed by atoms with Gasteiger partial charge in [0.05, 0.1) is 6.33 Å². The summed E-state index contributed by atoms with van der Waals surface area (Å²) >= 11 is 0. The van der Waals surface area contributed by atoms with Crippen LogP contribution in [0.25, 0.3) is 0 Å². The van der Waals surface area contributed by atoms with Crippen molar-refractivity contribution >= 4 is 10.4 Å². The lowest BCUT2D eigenvalue weighted by atomic mass is 10.1. The molecule has 1 atom stereocenters. The van der Waals surface area contributed by atoms with Crippen molar-refractivity contribution in [1.82, 2.24) is 9.55 Å². The molecule has 1 aromatic heterocycles. The largest absolute Gasteiger partial charge is 0.394 e. The minimum absolute atomic E-state index is 0.674. The van der Waals surface area contributed by atoms with Crippen molar-refractivity contribution in [1.29, 1.82) is 0 Å². The van der Waals surface area contributed by atoms with Gasteiger partial charge in [0.2, 0.25) is 0 Å². The Bertz CT molecular complexity index is 381. The van der Waals surface area contributed by atoms with Crippen molar-refractivity contribution in [2.45, 2.75) is 52.0 Å². The first-order valence-corrected chi connectivity index (χ1v) is 7.45. The Hall–Kier alpha value is -0.920. The molecule has 2 N–H and O–H groups in total. The van der Waals surface area contributed by atoms with E-state index in [-0.39, 0.29) is 0 Å². The fourth-order valence-corrected chi connectivity index (χ4v) is 1.70. The van der Waals surface area contributed by atoms with Crippen LogP contribution in [0.5, 0.6) is 0 Å². The lowest BCUT2D eigenvalue weighted by Crippen LogP contribution is -2.06. The van der Waals surface area contributed by atoms with Gasteiger partial charge in [0, 0.05) is 18.4 Å². The molecule has 1 unspecified atom stereocenters. The monoisotopic (exact) mass is 278 g/mol. The summed E-state index contributed by atoms with van der Waals surface area (Å²) in [6, 6.07) is 0.674. The first kappa shape index (κ1) is 17.1. The smallest absolute Gasteiger partial charge is 0.334 e. The van der Waals surface area contributed by atoms with E-state index in [1.165, 1.54) is 32.1 Å². The van der Waals surface area contributed by atoms with Gasteiger partial charge in [-0.25, -0.2) is 4.98 Å². The van der Waals surface area contributed by atoms with E-state index in [0.29, 0.717) is 6.04 Å². The summed E-state index contributed by atoms with van der Waals surface area (Å²) in [6.07, 6.45) is 12.3. The summed E-state index contributed by atoms with van der Waals surface area (Å²) in [5.74, 6) is 0. The Morgan fingerprint density at radius 1 is 1.22 bits per heavy atom. The molecule has 0 bridgehead atoms. The number of nitrogens with zero attached hydrogens (tertiary/aromatic N) is 2. The molecule has 0 fully saturated rings. The van der Waals surface area contributed by atoms with E-state index < -0.39 is 10.4 Å². The van der Waals surface area contributed by atoms with E-state index in [1.807, 2.05) is 12.5 Å². The van der Waals surface area contributed by atoms with Crippen LogP contribution >= 0.6 is 0 Å². The van der Waals surface area contributed by atoms with Crippen molar-refractivity contribution in [2.24, 2.45) is 0 Å². The molecule has 0 spiro atoms.